The Bertz CT molecular complexity index is 678. The van der Waals surface area contributed by atoms with E-state index in [1.807, 2.05) is 54.3 Å². The van der Waals surface area contributed by atoms with Crippen LogP contribution in [0.4, 0.5) is 5.69 Å². The highest BCUT2D eigenvalue weighted by atomic mass is 35.5. The zero-order valence-corrected chi connectivity index (χ0v) is 13.4. The fourth-order valence-corrected chi connectivity index (χ4v) is 3.15. The lowest BCUT2D eigenvalue weighted by Gasteiger charge is -2.32. The smallest absolute Gasteiger partial charge is 0.254 e. The van der Waals surface area contributed by atoms with Crippen LogP contribution in [0.25, 0.3) is 0 Å². The first-order valence-electron chi connectivity index (χ1n) is 7.60. The lowest BCUT2D eigenvalue weighted by atomic mass is 10.1. The van der Waals surface area contributed by atoms with E-state index in [1.54, 1.807) is 0 Å². The lowest BCUT2D eigenvalue weighted by molar-refractivity contribution is -0.837. The van der Waals surface area contributed by atoms with Gasteiger partial charge in [0, 0.05) is 16.7 Å². The minimum atomic E-state index is 0.142. The van der Waals surface area contributed by atoms with Crippen LogP contribution < -0.4 is 4.90 Å². The van der Waals surface area contributed by atoms with Crippen LogP contribution >= 0.6 is 11.6 Å². The second-order valence-corrected chi connectivity index (χ2v) is 6.16. The summed E-state index contributed by atoms with van der Waals surface area (Å²) < 4.78 is 0. The third-order valence-electron chi connectivity index (χ3n) is 4.26. The summed E-state index contributed by atoms with van der Waals surface area (Å²) >= 11 is 6.06. The summed E-state index contributed by atoms with van der Waals surface area (Å²) in [4.78, 5) is 16.0. The third-order valence-corrected chi connectivity index (χ3v) is 4.50. The molecule has 0 radical (unpaired) electrons. The highest BCUT2D eigenvalue weighted by Gasteiger charge is 2.26. The number of nitrogens with zero attached hydrogens (tertiary/aromatic N) is 1. The summed E-state index contributed by atoms with van der Waals surface area (Å²) in [6, 6.07) is 15.8. The first-order valence-corrected chi connectivity index (χ1v) is 7.98. The molecule has 0 saturated carbocycles. The maximum Gasteiger partial charge on any atom is 0.254 e. The fourth-order valence-electron chi connectivity index (χ4n) is 2.96. The van der Waals surface area contributed by atoms with E-state index >= 15 is 0 Å². The number of hydrogen-bond donors (Lipinski definition) is 1. The van der Waals surface area contributed by atoms with Gasteiger partial charge in [-0.15, -0.1) is 0 Å². The standard InChI is InChI=1S/C18H19ClN2O/c1-14-5-2-3-8-17(14)18(22)21-11-9-20(10-12-21)16-7-4-6-15(19)13-16/h2-8,13H,9-12H2,1H3/p+1. The first-order chi connectivity index (χ1) is 10.6. The van der Waals surface area contributed by atoms with Gasteiger partial charge in [-0.2, -0.15) is 0 Å². The van der Waals surface area contributed by atoms with Crippen LogP contribution in [0.3, 0.4) is 0 Å². The molecule has 1 amide bonds. The van der Waals surface area contributed by atoms with Gasteiger partial charge in [-0.05, 0) is 30.7 Å². The maximum atomic E-state index is 12.6. The fraction of sp³-hybridized carbons (Fsp3) is 0.278. The zero-order valence-electron chi connectivity index (χ0n) is 12.7. The van der Waals surface area contributed by atoms with Crippen LogP contribution in [0.5, 0.6) is 0 Å². The summed E-state index contributed by atoms with van der Waals surface area (Å²) in [5, 5.41) is 0.767. The molecule has 1 N–H and O–H groups in total. The second kappa shape index (κ2) is 6.51. The van der Waals surface area contributed by atoms with Crippen molar-refractivity contribution < 1.29 is 9.69 Å². The van der Waals surface area contributed by atoms with E-state index in [-0.39, 0.29) is 5.91 Å². The monoisotopic (exact) mass is 315 g/mol. The molecule has 0 aromatic heterocycles. The quantitative estimate of drug-likeness (QED) is 0.904. The van der Waals surface area contributed by atoms with Crippen molar-refractivity contribution >= 4 is 23.2 Å². The van der Waals surface area contributed by atoms with Gasteiger partial charge in [0.1, 0.15) is 5.69 Å². The van der Waals surface area contributed by atoms with Crippen LogP contribution in [0.15, 0.2) is 48.5 Å². The first kappa shape index (κ1) is 15.1. The number of benzene rings is 2. The molecule has 1 aliphatic rings. The van der Waals surface area contributed by atoms with Crippen LogP contribution in [0.1, 0.15) is 15.9 Å². The van der Waals surface area contributed by atoms with Gasteiger partial charge >= 0.3 is 0 Å². The van der Waals surface area contributed by atoms with Gasteiger partial charge in [0.05, 0.1) is 26.2 Å². The number of nitrogens with one attached hydrogen (secondary N) is 1. The molecule has 0 unspecified atom stereocenters. The van der Waals surface area contributed by atoms with E-state index in [4.69, 9.17) is 11.6 Å². The van der Waals surface area contributed by atoms with Gasteiger partial charge in [-0.1, -0.05) is 35.9 Å². The summed E-state index contributed by atoms with van der Waals surface area (Å²) in [6.07, 6.45) is 0. The van der Waals surface area contributed by atoms with Crippen molar-refractivity contribution in [3.63, 3.8) is 0 Å². The van der Waals surface area contributed by atoms with Gasteiger partial charge < -0.3 is 4.90 Å². The summed E-state index contributed by atoms with van der Waals surface area (Å²) in [5.74, 6) is 0.142. The molecule has 0 aliphatic carbocycles. The number of halogens is 1. The molecular weight excluding hydrogens is 296 g/mol. The average Bonchev–Trinajstić information content (AvgIpc) is 2.55. The molecule has 1 fully saturated rings. The summed E-state index contributed by atoms with van der Waals surface area (Å²) in [7, 11) is 0. The Morgan fingerprint density at radius 3 is 2.50 bits per heavy atom. The van der Waals surface area contributed by atoms with E-state index in [0.29, 0.717) is 0 Å². The Kier molecular flexibility index (Phi) is 4.46. The van der Waals surface area contributed by atoms with Gasteiger partial charge in [0.15, 0.2) is 0 Å². The molecule has 1 aliphatic heterocycles. The minimum absolute atomic E-state index is 0.142. The number of carbonyl (C=O) groups is 1. The molecule has 2 aromatic rings. The number of amides is 1. The molecule has 3 rings (SSSR count). The molecule has 1 saturated heterocycles. The number of carbonyl (C=O) groups excluding carboxylic acids is 1. The molecular formula is C18H20ClN2O+. The van der Waals surface area contributed by atoms with E-state index < -0.39 is 0 Å². The number of aryl methyl sites for hydroxylation is 1. The Labute approximate surface area is 136 Å². The third kappa shape index (κ3) is 3.16. The molecule has 3 nitrogen and oxygen atoms in total. The topological polar surface area (TPSA) is 24.8 Å². The van der Waals surface area contributed by atoms with Crippen LogP contribution in [0, 0.1) is 6.92 Å². The molecule has 4 heteroatoms. The number of quaternary nitrogens is 1. The van der Waals surface area contributed by atoms with E-state index in [1.165, 1.54) is 10.6 Å². The van der Waals surface area contributed by atoms with Crippen molar-refractivity contribution in [2.45, 2.75) is 6.92 Å². The van der Waals surface area contributed by atoms with Crippen molar-refractivity contribution in [2.24, 2.45) is 0 Å². The highest BCUT2D eigenvalue weighted by molar-refractivity contribution is 6.30. The Balaban J connectivity index is 1.67. The SMILES string of the molecule is Cc1ccccc1C(=O)N1CC[NH+](c2cccc(Cl)c2)CC1. The van der Waals surface area contributed by atoms with Crippen molar-refractivity contribution in [1.82, 2.24) is 4.90 Å². The van der Waals surface area contributed by atoms with Crippen LogP contribution in [-0.4, -0.2) is 37.0 Å². The largest absolute Gasteiger partial charge is 0.327 e. The van der Waals surface area contributed by atoms with Crippen molar-refractivity contribution in [2.75, 3.05) is 26.2 Å². The number of piperazine rings is 1. The molecule has 0 bridgehead atoms. The van der Waals surface area contributed by atoms with Gasteiger partial charge in [0.25, 0.3) is 5.91 Å². The van der Waals surface area contributed by atoms with E-state index in [9.17, 15) is 4.79 Å². The van der Waals surface area contributed by atoms with Gasteiger partial charge in [-0.25, -0.2) is 0 Å². The van der Waals surface area contributed by atoms with E-state index in [0.717, 1.165) is 42.3 Å². The molecule has 1 heterocycles. The number of rotatable bonds is 2. The number of hydrogen-bond acceptors (Lipinski definition) is 1. The average molecular weight is 316 g/mol. The van der Waals surface area contributed by atoms with Gasteiger partial charge in [0.2, 0.25) is 0 Å². The molecule has 0 atom stereocenters. The van der Waals surface area contributed by atoms with Crippen molar-refractivity contribution in [3.8, 4) is 0 Å². The Morgan fingerprint density at radius 2 is 1.82 bits per heavy atom. The normalized spacial score (nSPS) is 15.8. The van der Waals surface area contributed by atoms with Crippen molar-refractivity contribution in [1.29, 1.82) is 0 Å². The molecule has 22 heavy (non-hydrogen) atoms. The predicted octanol–water partition coefficient (Wildman–Crippen LogP) is 2.32. The summed E-state index contributed by atoms with van der Waals surface area (Å²) in [6.45, 7) is 5.36. The zero-order chi connectivity index (χ0) is 15.5. The second-order valence-electron chi connectivity index (χ2n) is 5.72. The molecule has 2 aromatic carbocycles. The summed E-state index contributed by atoms with van der Waals surface area (Å²) in [5.41, 5.74) is 3.06. The predicted molar refractivity (Wildman–Crippen MR) is 88.9 cm³/mol. The van der Waals surface area contributed by atoms with Crippen molar-refractivity contribution in [3.05, 3.63) is 64.7 Å². The Morgan fingerprint density at radius 1 is 1.09 bits per heavy atom. The molecule has 114 valence electrons. The Hall–Kier alpha value is -1.84. The highest BCUT2D eigenvalue weighted by Crippen LogP contribution is 2.13. The van der Waals surface area contributed by atoms with Crippen LogP contribution in [-0.2, 0) is 0 Å². The van der Waals surface area contributed by atoms with Crippen LogP contribution in [0.2, 0.25) is 5.02 Å². The van der Waals surface area contributed by atoms with Gasteiger partial charge in [-0.3, -0.25) is 9.69 Å². The molecule has 0 spiro atoms. The lowest BCUT2D eigenvalue weighted by Crippen LogP contribution is -3.10. The maximum absolute atomic E-state index is 12.6. The minimum Gasteiger partial charge on any atom is -0.327 e. The van der Waals surface area contributed by atoms with E-state index in [2.05, 4.69) is 6.07 Å².